The van der Waals surface area contributed by atoms with E-state index in [0.717, 1.165) is 11.1 Å². The van der Waals surface area contributed by atoms with Gasteiger partial charge in [0.25, 0.3) is 0 Å². The van der Waals surface area contributed by atoms with Crippen molar-refractivity contribution in [3.05, 3.63) is 65.5 Å². The average molecular weight is 346 g/mol. The number of aliphatic hydroxyl groups is 1. The van der Waals surface area contributed by atoms with Crippen LogP contribution in [0.5, 0.6) is 5.75 Å². The molecule has 0 spiro atoms. The molecule has 5 nitrogen and oxygen atoms in total. The fraction of sp³-hybridized carbons (Fsp3) is 0.316. The van der Waals surface area contributed by atoms with E-state index in [0.29, 0.717) is 19.4 Å². The number of ether oxygens (including phenoxy) is 1. The quantitative estimate of drug-likeness (QED) is 0.687. The molecule has 0 bridgehead atoms. The third kappa shape index (κ3) is 6.43. The number of halogens is 1. The Balaban J connectivity index is 1.67. The first-order valence-electron chi connectivity index (χ1n) is 8.14. The van der Waals surface area contributed by atoms with Gasteiger partial charge in [-0.15, -0.1) is 0 Å². The largest absolute Gasteiger partial charge is 0.494 e. The van der Waals surface area contributed by atoms with Crippen LogP contribution in [0.25, 0.3) is 0 Å². The zero-order valence-electron chi connectivity index (χ0n) is 14.2. The molecule has 0 aliphatic carbocycles. The van der Waals surface area contributed by atoms with Crippen molar-refractivity contribution in [2.45, 2.75) is 18.9 Å². The summed E-state index contributed by atoms with van der Waals surface area (Å²) in [7, 11) is 1.41. The molecule has 0 aliphatic heterocycles. The van der Waals surface area contributed by atoms with Crippen molar-refractivity contribution in [1.82, 2.24) is 10.6 Å². The summed E-state index contributed by atoms with van der Waals surface area (Å²) in [5.41, 5.74) is 1.88. The molecule has 3 N–H and O–H groups in total. The van der Waals surface area contributed by atoms with Crippen LogP contribution >= 0.6 is 0 Å². The molecule has 1 unspecified atom stereocenters. The highest BCUT2D eigenvalue weighted by molar-refractivity contribution is 5.73. The van der Waals surface area contributed by atoms with E-state index >= 15 is 0 Å². The van der Waals surface area contributed by atoms with Gasteiger partial charge in [0.15, 0.2) is 11.6 Å². The summed E-state index contributed by atoms with van der Waals surface area (Å²) in [6.45, 7) is 0.570. The third-order valence-electron chi connectivity index (χ3n) is 3.73. The van der Waals surface area contributed by atoms with Crippen molar-refractivity contribution in [2.24, 2.45) is 0 Å². The van der Waals surface area contributed by atoms with Gasteiger partial charge >= 0.3 is 6.03 Å². The highest BCUT2D eigenvalue weighted by Gasteiger charge is 2.08. The fourth-order valence-corrected chi connectivity index (χ4v) is 2.41. The van der Waals surface area contributed by atoms with E-state index in [4.69, 9.17) is 4.74 Å². The van der Waals surface area contributed by atoms with E-state index in [2.05, 4.69) is 10.6 Å². The number of aliphatic hydroxyl groups excluding tert-OH is 1. The molecule has 6 heteroatoms. The number of nitrogens with one attached hydrogen (secondary N) is 2. The molecule has 0 radical (unpaired) electrons. The Bertz CT molecular complexity index is 680. The molecular formula is C19H23FN2O3. The van der Waals surface area contributed by atoms with Crippen molar-refractivity contribution in [3.8, 4) is 5.75 Å². The van der Waals surface area contributed by atoms with Crippen molar-refractivity contribution in [2.75, 3.05) is 20.2 Å². The third-order valence-corrected chi connectivity index (χ3v) is 3.73. The number of hydrogen-bond donors (Lipinski definition) is 3. The molecule has 2 aromatic carbocycles. The SMILES string of the molecule is COc1cc(CCNC(=O)NCC(O)Cc2ccccc2)ccc1F. The van der Waals surface area contributed by atoms with E-state index in [1.165, 1.54) is 13.2 Å². The predicted molar refractivity (Wildman–Crippen MR) is 94.2 cm³/mol. The number of methoxy groups -OCH3 is 1. The lowest BCUT2D eigenvalue weighted by Gasteiger charge is -2.13. The van der Waals surface area contributed by atoms with E-state index in [9.17, 15) is 14.3 Å². The van der Waals surface area contributed by atoms with Gasteiger partial charge in [0.1, 0.15) is 0 Å². The Morgan fingerprint density at radius 1 is 1.16 bits per heavy atom. The van der Waals surface area contributed by atoms with Gasteiger partial charge in [-0.05, 0) is 29.7 Å². The summed E-state index contributed by atoms with van der Waals surface area (Å²) in [6.07, 6.45) is 0.391. The van der Waals surface area contributed by atoms with Gasteiger partial charge in [-0.1, -0.05) is 36.4 Å². The van der Waals surface area contributed by atoms with Gasteiger partial charge in [0.05, 0.1) is 13.2 Å². The minimum atomic E-state index is -0.644. The van der Waals surface area contributed by atoms with E-state index in [1.807, 2.05) is 30.3 Å². The van der Waals surface area contributed by atoms with Crippen LogP contribution in [0.4, 0.5) is 9.18 Å². The second-order valence-corrected chi connectivity index (χ2v) is 5.70. The number of hydrogen-bond acceptors (Lipinski definition) is 3. The molecule has 0 heterocycles. The average Bonchev–Trinajstić information content (AvgIpc) is 2.62. The molecule has 2 aromatic rings. The molecule has 134 valence electrons. The van der Waals surface area contributed by atoms with Crippen LogP contribution in [0.15, 0.2) is 48.5 Å². The van der Waals surface area contributed by atoms with Crippen molar-refractivity contribution >= 4 is 6.03 Å². The second-order valence-electron chi connectivity index (χ2n) is 5.70. The van der Waals surface area contributed by atoms with Crippen LogP contribution in [-0.4, -0.2) is 37.4 Å². The minimum Gasteiger partial charge on any atom is -0.494 e. The molecule has 0 saturated carbocycles. The van der Waals surface area contributed by atoms with Crippen LogP contribution in [0.1, 0.15) is 11.1 Å². The van der Waals surface area contributed by atoms with Gasteiger partial charge in [-0.25, -0.2) is 9.18 Å². The van der Waals surface area contributed by atoms with Crippen LogP contribution in [0.2, 0.25) is 0 Å². The molecular weight excluding hydrogens is 323 g/mol. The maximum Gasteiger partial charge on any atom is 0.314 e. The van der Waals surface area contributed by atoms with Crippen molar-refractivity contribution in [1.29, 1.82) is 0 Å². The van der Waals surface area contributed by atoms with Gasteiger partial charge in [0, 0.05) is 19.5 Å². The van der Waals surface area contributed by atoms with Crippen LogP contribution in [0, 0.1) is 5.82 Å². The van der Waals surface area contributed by atoms with Gasteiger partial charge < -0.3 is 20.5 Å². The summed E-state index contributed by atoms with van der Waals surface area (Å²) in [6, 6.07) is 13.9. The lowest BCUT2D eigenvalue weighted by Crippen LogP contribution is -2.41. The van der Waals surface area contributed by atoms with Crippen LogP contribution < -0.4 is 15.4 Å². The van der Waals surface area contributed by atoms with E-state index in [1.54, 1.807) is 12.1 Å². The Hall–Kier alpha value is -2.60. The predicted octanol–water partition coefficient (Wildman–Crippen LogP) is 2.28. The Kier molecular flexibility index (Phi) is 7.22. The van der Waals surface area contributed by atoms with Gasteiger partial charge in [0.2, 0.25) is 0 Å². The summed E-state index contributed by atoms with van der Waals surface area (Å²) >= 11 is 0. The molecule has 0 aromatic heterocycles. The monoisotopic (exact) mass is 346 g/mol. The molecule has 1 atom stereocenters. The fourth-order valence-electron chi connectivity index (χ4n) is 2.41. The first-order chi connectivity index (χ1) is 12.1. The highest BCUT2D eigenvalue weighted by Crippen LogP contribution is 2.18. The minimum absolute atomic E-state index is 0.172. The van der Waals surface area contributed by atoms with Gasteiger partial charge in [-0.3, -0.25) is 0 Å². The number of carbonyl (C=O) groups excluding carboxylic acids is 1. The number of rotatable bonds is 8. The molecule has 2 amide bonds. The normalized spacial score (nSPS) is 11.6. The molecule has 0 aliphatic rings. The highest BCUT2D eigenvalue weighted by atomic mass is 19.1. The maximum absolute atomic E-state index is 13.3. The first kappa shape index (κ1) is 18.7. The summed E-state index contributed by atoms with van der Waals surface area (Å²) < 4.78 is 18.2. The molecule has 2 rings (SSSR count). The van der Waals surface area contributed by atoms with Crippen LogP contribution in [-0.2, 0) is 12.8 Å². The smallest absolute Gasteiger partial charge is 0.314 e. The number of amides is 2. The molecule has 25 heavy (non-hydrogen) atoms. The number of carbonyl (C=O) groups is 1. The Morgan fingerprint density at radius 3 is 2.64 bits per heavy atom. The molecule has 0 saturated heterocycles. The Morgan fingerprint density at radius 2 is 1.92 bits per heavy atom. The lowest BCUT2D eigenvalue weighted by atomic mass is 10.1. The molecule has 0 fully saturated rings. The lowest BCUT2D eigenvalue weighted by molar-refractivity contribution is 0.170. The van der Waals surface area contributed by atoms with Gasteiger partial charge in [-0.2, -0.15) is 0 Å². The summed E-state index contributed by atoms with van der Waals surface area (Å²) in [5, 5.41) is 15.3. The number of urea groups is 1. The second kappa shape index (κ2) is 9.64. The standard InChI is InChI=1S/C19H23FN2O3/c1-25-18-12-15(7-8-17(18)20)9-10-21-19(24)22-13-16(23)11-14-5-3-2-4-6-14/h2-8,12,16,23H,9-11,13H2,1H3,(H2,21,22,24). The van der Waals surface area contributed by atoms with E-state index in [-0.39, 0.29) is 18.3 Å². The summed E-state index contributed by atoms with van der Waals surface area (Å²) in [4.78, 5) is 11.7. The first-order valence-corrected chi connectivity index (χ1v) is 8.14. The van der Waals surface area contributed by atoms with Crippen molar-refractivity contribution < 1.29 is 19.0 Å². The van der Waals surface area contributed by atoms with Crippen molar-refractivity contribution in [3.63, 3.8) is 0 Å². The Labute approximate surface area is 146 Å². The van der Waals surface area contributed by atoms with Crippen LogP contribution in [0.3, 0.4) is 0 Å². The zero-order chi connectivity index (χ0) is 18.1. The number of benzene rings is 2. The topological polar surface area (TPSA) is 70.6 Å². The van der Waals surface area contributed by atoms with E-state index < -0.39 is 11.9 Å². The maximum atomic E-state index is 13.3. The zero-order valence-corrected chi connectivity index (χ0v) is 14.2. The summed E-state index contributed by atoms with van der Waals surface area (Å²) in [5.74, 6) is -0.227.